The molecular formula is C16H24BNO3. The molecule has 0 aliphatic carbocycles. The highest BCUT2D eigenvalue weighted by molar-refractivity contribution is 6.57. The van der Waals surface area contributed by atoms with Crippen molar-refractivity contribution < 1.29 is 14.3 Å². The van der Waals surface area contributed by atoms with Crippen molar-refractivity contribution in [2.75, 3.05) is 6.54 Å². The lowest BCUT2D eigenvalue weighted by atomic mass is 9.74. The van der Waals surface area contributed by atoms with E-state index in [9.17, 15) is 9.59 Å². The van der Waals surface area contributed by atoms with E-state index in [1.165, 1.54) is 0 Å². The van der Waals surface area contributed by atoms with Gasteiger partial charge in [0.2, 0.25) is 0 Å². The Labute approximate surface area is 127 Å². The summed E-state index contributed by atoms with van der Waals surface area (Å²) >= 11 is 0. The lowest BCUT2D eigenvalue weighted by Gasteiger charge is -2.28. The lowest BCUT2D eigenvalue weighted by Crippen LogP contribution is -2.25. The summed E-state index contributed by atoms with van der Waals surface area (Å²) in [5.74, 6) is 0.194. The standard InChI is InChI=1S/C16H24BNO3/c1-10-7-11(2)15(16(3,4)9-13(17)19)12(8-10)21-14(20)5-6-18/h7-8H,5-6,9,17-18H2,1-4H3. The minimum absolute atomic E-state index is 0.110. The molecule has 0 saturated heterocycles. The van der Waals surface area contributed by atoms with Crippen LogP contribution in [-0.4, -0.2) is 26.0 Å². The van der Waals surface area contributed by atoms with Crippen LogP contribution in [0.1, 0.15) is 43.4 Å². The van der Waals surface area contributed by atoms with Crippen molar-refractivity contribution in [1.29, 1.82) is 0 Å². The number of ether oxygens (including phenoxy) is 1. The second-order valence-corrected chi connectivity index (χ2v) is 6.23. The average molecular weight is 289 g/mol. The zero-order chi connectivity index (χ0) is 16.2. The molecule has 0 spiro atoms. The minimum atomic E-state index is -0.387. The normalized spacial score (nSPS) is 11.3. The van der Waals surface area contributed by atoms with E-state index >= 15 is 0 Å². The maximum atomic E-state index is 11.8. The quantitative estimate of drug-likeness (QED) is 0.488. The monoisotopic (exact) mass is 289 g/mol. The molecule has 0 radical (unpaired) electrons. The van der Waals surface area contributed by atoms with Crippen LogP contribution in [0.15, 0.2) is 12.1 Å². The zero-order valence-electron chi connectivity index (χ0n) is 13.6. The molecule has 0 aliphatic rings. The number of esters is 1. The average Bonchev–Trinajstić information content (AvgIpc) is 2.24. The number of carbonyl (C=O) groups is 2. The number of aryl methyl sites for hydroxylation is 2. The number of carbonyl (C=O) groups excluding carboxylic acids is 2. The van der Waals surface area contributed by atoms with Crippen LogP contribution in [0.5, 0.6) is 5.75 Å². The van der Waals surface area contributed by atoms with E-state index in [4.69, 9.17) is 10.5 Å². The highest BCUT2D eigenvalue weighted by atomic mass is 16.5. The van der Waals surface area contributed by atoms with Gasteiger partial charge in [-0.3, -0.25) is 4.79 Å². The molecule has 0 heterocycles. The highest BCUT2D eigenvalue weighted by Crippen LogP contribution is 2.38. The summed E-state index contributed by atoms with van der Waals surface area (Å²) in [6.07, 6.45) is 0.581. The third-order valence-corrected chi connectivity index (χ3v) is 3.38. The summed E-state index contributed by atoms with van der Waals surface area (Å²) in [5, 5.41) is 0. The predicted octanol–water partition coefficient (Wildman–Crippen LogP) is 1.39. The molecule has 0 aromatic heterocycles. The highest BCUT2D eigenvalue weighted by Gasteiger charge is 2.29. The third kappa shape index (κ3) is 4.71. The summed E-state index contributed by atoms with van der Waals surface area (Å²) in [7, 11) is 1.57. The maximum Gasteiger partial charge on any atom is 0.312 e. The van der Waals surface area contributed by atoms with Gasteiger partial charge in [0.1, 0.15) is 5.75 Å². The Balaban J connectivity index is 3.29. The predicted molar refractivity (Wildman–Crippen MR) is 86.4 cm³/mol. The van der Waals surface area contributed by atoms with Gasteiger partial charge in [-0.2, -0.15) is 0 Å². The molecule has 0 aliphatic heterocycles. The molecule has 4 nitrogen and oxygen atoms in total. The first kappa shape index (κ1) is 17.4. The van der Waals surface area contributed by atoms with Gasteiger partial charge in [0, 0.05) is 18.5 Å². The van der Waals surface area contributed by atoms with Crippen molar-refractivity contribution in [2.24, 2.45) is 5.73 Å². The Morgan fingerprint density at radius 3 is 2.43 bits per heavy atom. The van der Waals surface area contributed by atoms with Crippen LogP contribution < -0.4 is 10.5 Å². The van der Waals surface area contributed by atoms with Crippen molar-refractivity contribution in [2.45, 2.75) is 46.0 Å². The van der Waals surface area contributed by atoms with Crippen LogP contribution in [0.3, 0.4) is 0 Å². The first-order valence-corrected chi connectivity index (χ1v) is 7.19. The molecule has 1 rings (SSSR count). The summed E-state index contributed by atoms with van der Waals surface area (Å²) in [6, 6.07) is 3.89. The van der Waals surface area contributed by atoms with Crippen LogP contribution in [0.4, 0.5) is 0 Å². The lowest BCUT2D eigenvalue weighted by molar-refractivity contribution is -0.134. The van der Waals surface area contributed by atoms with Gasteiger partial charge in [0.15, 0.2) is 7.85 Å². The fraction of sp³-hybridized carbons (Fsp3) is 0.500. The fourth-order valence-corrected chi connectivity index (χ4v) is 2.88. The van der Waals surface area contributed by atoms with Crippen LogP contribution >= 0.6 is 0 Å². The van der Waals surface area contributed by atoms with Crippen molar-refractivity contribution in [3.63, 3.8) is 0 Å². The van der Waals surface area contributed by atoms with Crippen LogP contribution in [0.25, 0.3) is 0 Å². The number of rotatable bonds is 6. The van der Waals surface area contributed by atoms with Crippen molar-refractivity contribution in [3.05, 3.63) is 28.8 Å². The van der Waals surface area contributed by atoms with Gasteiger partial charge in [-0.1, -0.05) is 19.9 Å². The second kappa shape index (κ2) is 6.90. The molecule has 1 aromatic carbocycles. The molecule has 114 valence electrons. The summed E-state index contributed by atoms with van der Waals surface area (Å²) in [6.45, 7) is 8.17. The SMILES string of the molecule is BC(=O)CC(C)(C)c1c(C)cc(C)cc1OC(=O)CCN. The number of benzene rings is 1. The first-order chi connectivity index (χ1) is 9.67. The summed E-state index contributed by atoms with van der Waals surface area (Å²) in [4.78, 5) is 23.3. The molecule has 5 heteroatoms. The van der Waals surface area contributed by atoms with Gasteiger partial charge in [-0.05, 0) is 36.5 Å². The first-order valence-electron chi connectivity index (χ1n) is 7.19. The Morgan fingerprint density at radius 1 is 1.29 bits per heavy atom. The number of nitrogens with two attached hydrogens (primary N) is 1. The molecule has 0 fully saturated rings. The Hall–Kier alpha value is -1.62. The van der Waals surface area contributed by atoms with Gasteiger partial charge >= 0.3 is 5.97 Å². The summed E-state index contributed by atoms with van der Waals surface area (Å²) < 4.78 is 5.49. The smallest absolute Gasteiger partial charge is 0.312 e. The van der Waals surface area contributed by atoms with E-state index in [1.807, 2.05) is 39.8 Å². The number of hydrogen-bond donors (Lipinski definition) is 1. The largest absolute Gasteiger partial charge is 0.426 e. The van der Waals surface area contributed by atoms with Crippen LogP contribution in [0, 0.1) is 13.8 Å². The fourth-order valence-electron chi connectivity index (χ4n) is 2.88. The van der Waals surface area contributed by atoms with Crippen molar-refractivity contribution >= 4 is 19.5 Å². The molecule has 0 amide bonds. The Bertz CT molecular complexity index is 553. The maximum absolute atomic E-state index is 11.8. The Kier molecular flexibility index (Phi) is 5.73. The molecule has 1 aromatic rings. The molecular weight excluding hydrogens is 265 g/mol. The molecule has 2 N–H and O–H groups in total. The Morgan fingerprint density at radius 2 is 1.90 bits per heavy atom. The molecule has 0 bridgehead atoms. The summed E-state index contributed by atoms with van der Waals surface area (Å²) in [5.41, 5.74) is 8.07. The van der Waals surface area contributed by atoms with Crippen LogP contribution in [0.2, 0.25) is 0 Å². The topological polar surface area (TPSA) is 69.4 Å². The van der Waals surface area contributed by atoms with Gasteiger partial charge in [-0.25, -0.2) is 0 Å². The second-order valence-electron chi connectivity index (χ2n) is 6.23. The van der Waals surface area contributed by atoms with Gasteiger partial charge in [-0.15, -0.1) is 0 Å². The van der Waals surface area contributed by atoms with E-state index in [0.29, 0.717) is 12.2 Å². The molecule has 0 saturated carbocycles. The van der Waals surface area contributed by atoms with E-state index in [1.54, 1.807) is 7.85 Å². The van der Waals surface area contributed by atoms with Crippen molar-refractivity contribution in [3.8, 4) is 5.75 Å². The van der Waals surface area contributed by atoms with E-state index in [2.05, 4.69) is 0 Å². The van der Waals surface area contributed by atoms with Gasteiger partial charge in [0.25, 0.3) is 0 Å². The van der Waals surface area contributed by atoms with Gasteiger partial charge < -0.3 is 15.3 Å². The van der Waals surface area contributed by atoms with Gasteiger partial charge in [0.05, 0.1) is 12.1 Å². The molecule has 0 unspecified atom stereocenters. The third-order valence-electron chi connectivity index (χ3n) is 3.38. The zero-order valence-corrected chi connectivity index (χ0v) is 13.6. The molecule has 21 heavy (non-hydrogen) atoms. The number of hydrogen-bond acceptors (Lipinski definition) is 4. The van der Waals surface area contributed by atoms with E-state index in [-0.39, 0.29) is 30.0 Å². The molecule has 0 atom stereocenters. The van der Waals surface area contributed by atoms with Crippen molar-refractivity contribution in [1.82, 2.24) is 0 Å². The van der Waals surface area contributed by atoms with E-state index in [0.717, 1.165) is 16.7 Å². The minimum Gasteiger partial charge on any atom is -0.426 e. The van der Waals surface area contributed by atoms with Crippen LogP contribution in [-0.2, 0) is 15.0 Å². The van der Waals surface area contributed by atoms with E-state index < -0.39 is 0 Å².